The molecule has 1 amide bonds. The molecule has 0 fully saturated rings. The molecule has 2 N–H and O–H groups in total. The van der Waals surface area contributed by atoms with E-state index in [0.717, 1.165) is 0 Å². The lowest BCUT2D eigenvalue weighted by molar-refractivity contribution is 0.0922. The van der Waals surface area contributed by atoms with Crippen LogP contribution in [0.15, 0.2) is 24.3 Å². The molecule has 0 saturated heterocycles. The first-order valence-electron chi connectivity index (χ1n) is 5.83. The quantitative estimate of drug-likeness (QED) is 0.597. The Bertz CT molecular complexity index is 446. The zero-order valence-corrected chi connectivity index (χ0v) is 10.4. The zero-order chi connectivity index (χ0) is 13.2. The van der Waals surface area contributed by atoms with Crippen LogP contribution in [-0.4, -0.2) is 37.4 Å². The minimum atomic E-state index is -0.190. The van der Waals surface area contributed by atoms with Gasteiger partial charge in [0, 0.05) is 24.3 Å². The van der Waals surface area contributed by atoms with Gasteiger partial charge in [-0.1, -0.05) is 17.9 Å². The predicted molar refractivity (Wildman–Crippen MR) is 69.2 cm³/mol. The van der Waals surface area contributed by atoms with Crippen LogP contribution in [0.4, 0.5) is 0 Å². The molecule has 0 aliphatic carbocycles. The van der Waals surface area contributed by atoms with E-state index in [9.17, 15) is 4.79 Å². The van der Waals surface area contributed by atoms with Crippen molar-refractivity contribution in [1.29, 1.82) is 0 Å². The van der Waals surface area contributed by atoms with Crippen molar-refractivity contribution in [2.45, 2.75) is 6.92 Å². The van der Waals surface area contributed by atoms with Crippen LogP contribution in [-0.2, 0) is 4.74 Å². The van der Waals surface area contributed by atoms with E-state index in [1.165, 1.54) is 0 Å². The van der Waals surface area contributed by atoms with E-state index in [-0.39, 0.29) is 12.5 Å². The molecule has 0 saturated carbocycles. The minimum absolute atomic E-state index is 0.151. The van der Waals surface area contributed by atoms with Crippen LogP contribution in [0.2, 0.25) is 0 Å². The summed E-state index contributed by atoms with van der Waals surface area (Å²) in [4.78, 5) is 11.8. The number of carbonyl (C=O) groups excluding carboxylic acids is 1. The maximum Gasteiger partial charge on any atom is 0.251 e. The molecule has 1 aromatic carbocycles. The first-order chi connectivity index (χ1) is 8.77. The van der Waals surface area contributed by atoms with Crippen molar-refractivity contribution in [3.8, 4) is 11.8 Å². The number of amides is 1. The third-order valence-electron chi connectivity index (χ3n) is 2.17. The van der Waals surface area contributed by atoms with Gasteiger partial charge in [-0.2, -0.15) is 0 Å². The zero-order valence-electron chi connectivity index (χ0n) is 10.4. The number of hydrogen-bond acceptors (Lipinski definition) is 3. The number of benzene rings is 1. The summed E-state index contributed by atoms with van der Waals surface area (Å²) in [6.45, 7) is 3.35. The van der Waals surface area contributed by atoms with E-state index in [4.69, 9.17) is 9.84 Å². The smallest absolute Gasteiger partial charge is 0.251 e. The van der Waals surface area contributed by atoms with Gasteiger partial charge < -0.3 is 15.2 Å². The monoisotopic (exact) mass is 247 g/mol. The number of carbonyl (C=O) groups is 1. The van der Waals surface area contributed by atoms with Gasteiger partial charge in [-0.3, -0.25) is 4.79 Å². The maximum atomic E-state index is 11.8. The van der Waals surface area contributed by atoms with Crippen LogP contribution in [0, 0.1) is 11.8 Å². The lowest BCUT2D eigenvalue weighted by atomic mass is 10.1. The molecule has 0 heterocycles. The molecule has 0 unspecified atom stereocenters. The van der Waals surface area contributed by atoms with Crippen molar-refractivity contribution >= 4 is 5.91 Å². The highest BCUT2D eigenvalue weighted by molar-refractivity contribution is 5.94. The average Bonchev–Trinajstić information content (AvgIpc) is 2.41. The van der Waals surface area contributed by atoms with E-state index < -0.39 is 0 Å². The van der Waals surface area contributed by atoms with Crippen molar-refractivity contribution in [1.82, 2.24) is 5.32 Å². The summed E-state index contributed by atoms with van der Waals surface area (Å²) in [6, 6.07) is 6.97. The Balaban J connectivity index is 2.57. The molecule has 0 bridgehead atoms. The molecule has 0 aliphatic heterocycles. The van der Waals surface area contributed by atoms with E-state index in [2.05, 4.69) is 17.2 Å². The Morgan fingerprint density at radius 1 is 1.50 bits per heavy atom. The fourth-order valence-corrected chi connectivity index (χ4v) is 1.36. The summed E-state index contributed by atoms with van der Waals surface area (Å²) in [5.41, 5.74) is 1.26. The summed E-state index contributed by atoms with van der Waals surface area (Å²) in [5, 5.41) is 11.4. The highest BCUT2D eigenvalue weighted by atomic mass is 16.5. The lowest BCUT2D eigenvalue weighted by Crippen LogP contribution is -2.27. The third kappa shape index (κ3) is 5.00. The second-order valence-electron chi connectivity index (χ2n) is 3.49. The fourth-order valence-electron chi connectivity index (χ4n) is 1.36. The van der Waals surface area contributed by atoms with Gasteiger partial charge in [0.2, 0.25) is 0 Å². The lowest BCUT2D eigenvalue weighted by Gasteiger charge is -2.05. The van der Waals surface area contributed by atoms with Gasteiger partial charge in [0.15, 0.2) is 0 Å². The molecular formula is C14H17NO3. The standard InChI is InChI=1S/C14H17NO3/c1-2-18-10-8-15-14(17)13-7-3-5-12(11-13)6-4-9-16/h3,5,7,11,16H,2,8-10H2,1H3,(H,15,17). The van der Waals surface area contributed by atoms with E-state index in [0.29, 0.717) is 30.9 Å². The van der Waals surface area contributed by atoms with Crippen molar-refractivity contribution in [3.05, 3.63) is 35.4 Å². The molecule has 0 atom stereocenters. The summed E-state index contributed by atoms with van der Waals surface area (Å²) >= 11 is 0. The molecule has 0 aliphatic rings. The summed E-state index contributed by atoms with van der Waals surface area (Å²) in [7, 11) is 0. The van der Waals surface area contributed by atoms with Gasteiger partial charge in [0.1, 0.15) is 6.61 Å². The summed E-state index contributed by atoms with van der Waals surface area (Å²) < 4.78 is 5.13. The van der Waals surface area contributed by atoms with Gasteiger partial charge in [-0.25, -0.2) is 0 Å². The van der Waals surface area contributed by atoms with Crippen molar-refractivity contribution in [3.63, 3.8) is 0 Å². The second-order valence-corrected chi connectivity index (χ2v) is 3.49. The SMILES string of the molecule is CCOCCNC(=O)c1cccc(C#CCO)c1. The first kappa shape index (κ1) is 14.2. The van der Waals surface area contributed by atoms with Crippen LogP contribution in [0.1, 0.15) is 22.8 Å². The minimum Gasteiger partial charge on any atom is -0.384 e. The van der Waals surface area contributed by atoms with E-state index in [1.54, 1.807) is 24.3 Å². The highest BCUT2D eigenvalue weighted by Gasteiger charge is 2.04. The van der Waals surface area contributed by atoms with Crippen LogP contribution in [0.25, 0.3) is 0 Å². The van der Waals surface area contributed by atoms with Crippen LogP contribution in [0.3, 0.4) is 0 Å². The number of ether oxygens (including phenoxy) is 1. The molecule has 18 heavy (non-hydrogen) atoms. The normalized spacial score (nSPS) is 9.44. The maximum absolute atomic E-state index is 11.8. The van der Waals surface area contributed by atoms with Crippen LogP contribution in [0.5, 0.6) is 0 Å². The summed E-state index contributed by atoms with van der Waals surface area (Å²) in [5.74, 6) is 5.16. The largest absolute Gasteiger partial charge is 0.384 e. The average molecular weight is 247 g/mol. The molecule has 4 heteroatoms. The van der Waals surface area contributed by atoms with Crippen molar-refractivity contribution < 1.29 is 14.6 Å². The van der Waals surface area contributed by atoms with Gasteiger partial charge in [-0.05, 0) is 25.1 Å². The predicted octanol–water partition coefficient (Wildman–Crippen LogP) is 0.797. The highest BCUT2D eigenvalue weighted by Crippen LogP contribution is 2.03. The molecular weight excluding hydrogens is 230 g/mol. The number of aliphatic hydroxyl groups excluding tert-OH is 1. The van der Waals surface area contributed by atoms with Crippen molar-refractivity contribution in [2.75, 3.05) is 26.4 Å². The molecule has 4 nitrogen and oxygen atoms in total. The molecule has 96 valence electrons. The van der Waals surface area contributed by atoms with Crippen molar-refractivity contribution in [2.24, 2.45) is 0 Å². The first-order valence-corrected chi connectivity index (χ1v) is 5.83. The Morgan fingerprint density at radius 3 is 3.06 bits per heavy atom. The molecule has 0 radical (unpaired) electrons. The molecule has 0 spiro atoms. The van der Waals surface area contributed by atoms with Gasteiger partial charge in [-0.15, -0.1) is 0 Å². The van der Waals surface area contributed by atoms with Gasteiger partial charge >= 0.3 is 0 Å². The van der Waals surface area contributed by atoms with Crippen LogP contribution >= 0.6 is 0 Å². The number of nitrogens with one attached hydrogen (secondary N) is 1. The third-order valence-corrected chi connectivity index (χ3v) is 2.17. The summed E-state index contributed by atoms with van der Waals surface area (Å²) in [6.07, 6.45) is 0. The van der Waals surface area contributed by atoms with E-state index in [1.807, 2.05) is 6.92 Å². The Labute approximate surface area is 107 Å². The van der Waals surface area contributed by atoms with Gasteiger partial charge in [0.25, 0.3) is 5.91 Å². The topological polar surface area (TPSA) is 58.6 Å². The van der Waals surface area contributed by atoms with E-state index >= 15 is 0 Å². The second kappa shape index (κ2) is 8.29. The van der Waals surface area contributed by atoms with Crippen LogP contribution < -0.4 is 5.32 Å². The molecule has 0 aromatic heterocycles. The number of hydrogen-bond donors (Lipinski definition) is 2. The molecule has 1 aromatic rings. The Kier molecular flexibility index (Phi) is 6.55. The number of aliphatic hydroxyl groups is 1. The number of rotatable bonds is 5. The Hall–Kier alpha value is -1.83. The fraction of sp³-hybridized carbons (Fsp3) is 0.357. The Morgan fingerprint density at radius 2 is 2.33 bits per heavy atom. The molecule has 1 rings (SSSR count). The van der Waals surface area contributed by atoms with Gasteiger partial charge in [0.05, 0.1) is 6.61 Å².